The molecule has 1 heterocycles. The van der Waals surface area contributed by atoms with Crippen LogP contribution in [0.3, 0.4) is 0 Å². The second kappa shape index (κ2) is 10.4. The lowest BCUT2D eigenvalue weighted by atomic mass is 9.97. The zero-order chi connectivity index (χ0) is 22.4. The van der Waals surface area contributed by atoms with Gasteiger partial charge in [0, 0.05) is 19.6 Å². The summed E-state index contributed by atoms with van der Waals surface area (Å²) >= 11 is 0. The average Bonchev–Trinajstić information content (AvgIpc) is 2.77. The molecule has 168 valence electrons. The van der Waals surface area contributed by atoms with Crippen molar-refractivity contribution in [2.24, 2.45) is 5.92 Å². The second-order valence-electron chi connectivity index (χ2n) is 8.49. The van der Waals surface area contributed by atoms with E-state index in [0.717, 1.165) is 36.1 Å². The minimum atomic E-state index is -3.52. The van der Waals surface area contributed by atoms with Crippen molar-refractivity contribution in [1.29, 1.82) is 0 Å². The van der Waals surface area contributed by atoms with Crippen molar-refractivity contribution in [1.82, 2.24) is 14.9 Å². The first-order chi connectivity index (χ1) is 14.8. The van der Waals surface area contributed by atoms with Gasteiger partial charge in [0.25, 0.3) is 0 Å². The van der Waals surface area contributed by atoms with Gasteiger partial charge in [-0.05, 0) is 69.3 Å². The third kappa shape index (κ3) is 6.38. The van der Waals surface area contributed by atoms with Crippen molar-refractivity contribution in [3.63, 3.8) is 0 Å². The first-order valence-electron chi connectivity index (χ1n) is 10.9. The molecule has 1 aliphatic heterocycles. The second-order valence-corrected chi connectivity index (χ2v) is 10.3. The summed E-state index contributed by atoms with van der Waals surface area (Å²) in [6.45, 7) is 8.34. The van der Waals surface area contributed by atoms with Gasteiger partial charge in [-0.15, -0.1) is 0 Å². The highest BCUT2D eigenvalue weighted by Gasteiger charge is 2.28. The van der Waals surface area contributed by atoms with Crippen LogP contribution in [0.1, 0.15) is 36.5 Å². The molecule has 1 amide bonds. The highest BCUT2D eigenvalue weighted by molar-refractivity contribution is 7.89. The normalized spacial score (nSPS) is 18.5. The van der Waals surface area contributed by atoms with Gasteiger partial charge in [0.15, 0.2) is 0 Å². The molecule has 6 nitrogen and oxygen atoms in total. The Hall–Kier alpha value is -2.22. The number of sulfonamides is 1. The van der Waals surface area contributed by atoms with Crippen molar-refractivity contribution in [3.8, 4) is 0 Å². The maximum atomic E-state index is 12.7. The Labute approximate surface area is 186 Å². The van der Waals surface area contributed by atoms with E-state index >= 15 is 0 Å². The molecule has 0 aliphatic carbocycles. The molecule has 7 heteroatoms. The number of hydrogen-bond donors (Lipinski definition) is 2. The number of amides is 1. The maximum absolute atomic E-state index is 12.7. The fourth-order valence-corrected chi connectivity index (χ4v) is 5.06. The molecular formula is C24H33N3O3S. The van der Waals surface area contributed by atoms with Crippen LogP contribution in [0.4, 0.5) is 0 Å². The molecule has 0 bridgehead atoms. The van der Waals surface area contributed by atoms with E-state index in [4.69, 9.17) is 0 Å². The lowest BCUT2D eigenvalue weighted by Crippen LogP contribution is -2.50. The Kier molecular flexibility index (Phi) is 7.86. The van der Waals surface area contributed by atoms with Crippen LogP contribution < -0.4 is 10.0 Å². The predicted molar refractivity (Wildman–Crippen MR) is 123 cm³/mol. The van der Waals surface area contributed by atoms with Gasteiger partial charge in [0.2, 0.25) is 15.9 Å². The van der Waals surface area contributed by atoms with Gasteiger partial charge in [0.05, 0.1) is 10.9 Å². The molecule has 2 aromatic carbocycles. The first kappa shape index (κ1) is 23.4. The van der Waals surface area contributed by atoms with Gasteiger partial charge in [-0.3, -0.25) is 9.69 Å². The number of rotatable bonds is 8. The fraction of sp³-hybridized carbons (Fsp3) is 0.458. The largest absolute Gasteiger partial charge is 0.351 e. The molecular weight excluding hydrogens is 410 g/mol. The van der Waals surface area contributed by atoms with Crippen LogP contribution in [-0.2, 0) is 21.4 Å². The molecule has 31 heavy (non-hydrogen) atoms. The summed E-state index contributed by atoms with van der Waals surface area (Å²) in [5.41, 5.74) is 3.30. The highest BCUT2D eigenvalue weighted by atomic mass is 32.2. The van der Waals surface area contributed by atoms with E-state index in [-0.39, 0.29) is 22.8 Å². The number of aryl methyl sites for hydroxylation is 2. The van der Waals surface area contributed by atoms with Gasteiger partial charge in [0.1, 0.15) is 0 Å². The minimum Gasteiger partial charge on any atom is -0.351 e. The molecule has 1 aliphatic rings. The van der Waals surface area contributed by atoms with Crippen LogP contribution in [0.5, 0.6) is 0 Å². The molecule has 3 rings (SSSR count). The fourth-order valence-electron chi connectivity index (χ4n) is 3.95. The lowest BCUT2D eigenvalue weighted by Gasteiger charge is -2.36. The molecule has 2 aromatic rings. The van der Waals surface area contributed by atoms with Crippen LogP contribution >= 0.6 is 0 Å². The molecule has 2 atom stereocenters. The average molecular weight is 444 g/mol. The number of benzene rings is 2. The Morgan fingerprint density at radius 1 is 1.13 bits per heavy atom. The molecule has 1 fully saturated rings. The molecule has 2 unspecified atom stereocenters. The Balaban J connectivity index is 1.51. The van der Waals surface area contributed by atoms with Crippen molar-refractivity contribution < 1.29 is 13.2 Å². The Morgan fingerprint density at radius 2 is 1.84 bits per heavy atom. The summed E-state index contributed by atoms with van der Waals surface area (Å²) in [5.74, 6) is 0.185. The summed E-state index contributed by atoms with van der Waals surface area (Å²) in [4.78, 5) is 15.1. The van der Waals surface area contributed by atoms with E-state index in [0.29, 0.717) is 19.6 Å². The number of likely N-dealkylation sites (tertiary alicyclic amines) is 1. The van der Waals surface area contributed by atoms with E-state index in [1.54, 1.807) is 24.3 Å². The van der Waals surface area contributed by atoms with Gasteiger partial charge in [-0.2, -0.15) is 0 Å². The minimum absolute atomic E-state index is 0.00383. The maximum Gasteiger partial charge on any atom is 0.240 e. The first-order valence-corrected chi connectivity index (χ1v) is 12.4. The van der Waals surface area contributed by atoms with Crippen LogP contribution in [0.15, 0.2) is 53.4 Å². The Bertz CT molecular complexity index is 989. The van der Waals surface area contributed by atoms with E-state index in [9.17, 15) is 13.2 Å². The number of carbonyl (C=O) groups excluding carboxylic acids is 1. The van der Waals surface area contributed by atoms with E-state index < -0.39 is 10.0 Å². The standard InChI is InChI=1S/C24H33N3O3S/c1-18-10-12-23(13-11-18)31(29,30)26-15-21-8-6-14-27(17-21)20(3)24(28)25-16-22-9-5-4-7-19(22)2/h4-5,7,9-13,20-21,26H,6,8,14-17H2,1-3H3,(H,25,28). The summed E-state index contributed by atoms with van der Waals surface area (Å²) in [7, 11) is -3.52. The third-order valence-electron chi connectivity index (χ3n) is 6.09. The molecule has 0 spiro atoms. The van der Waals surface area contributed by atoms with E-state index in [1.807, 2.05) is 45.0 Å². The molecule has 0 radical (unpaired) electrons. The topological polar surface area (TPSA) is 78.5 Å². The van der Waals surface area contributed by atoms with E-state index in [2.05, 4.69) is 14.9 Å². The zero-order valence-electron chi connectivity index (χ0n) is 18.6. The van der Waals surface area contributed by atoms with E-state index in [1.165, 1.54) is 0 Å². The monoisotopic (exact) mass is 443 g/mol. The van der Waals surface area contributed by atoms with Crippen LogP contribution in [-0.4, -0.2) is 44.9 Å². The number of carbonyl (C=O) groups is 1. The van der Waals surface area contributed by atoms with Crippen molar-refractivity contribution in [3.05, 3.63) is 65.2 Å². The lowest BCUT2D eigenvalue weighted by molar-refractivity contribution is -0.126. The molecule has 2 N–H and O–H groups in total. The highest BCUT2D eigenvalue weighted by Crippen LogP contribution is 2.19. The third-order valence-corrected chi connectivity index (χ3v) is 7.52. The zero-order valence-corrected chi connectivity index (χ0v) is 19.4. The van der Waals surface area contributed by atoms with Gasteiger partial charge in [-0.25, -0.2) is 13.1 Å². The molecule has 0 saturated carbocycles. The summed E-state index contributed by atoms with van der Waals surface area (Å²) in [6.07, 6.45) is 1.90. The summed E-state index contributed by atoms with van der Waals surface area (Å²) < 4.78 is 27.9. The van der Waals surface area contributed by atoms with Gasteiger partial charge < -0.3 is 5.32 Å². The number of nitrogens with one attached hydrogen (secondary N) is 2. The Morgan fingerprint density at radius 3 is 2.55 bits per heavy atom. The predicted octanol–water partition coefficient (Wildman–Crippen LogP) is 3.00. The van der Waals surface area contributed by atoms with Gasteiger partial charge in [-0.1, -0.05) is 42.0 Å². The smallest absolute Gasteiger partial charge is 0.240 e. The molecule has 0 aromatic heterocycles. The van der Waals surface area contributed by atoms with Crippen molar-refractivity contribution in [2.75, 3.05) is 19.6 Å². The number of hydrogen-bond acceptors (Lipinski definition) is 4. The van der Waals surface area contributed by atoms with Crippen LogP contribution in [0.2, 0.25) is 0 Å². The SMILES string of the molecule is Cc1ccc(S(=O)(=O)NCC2CCCN(C(C)C(=O)NCc3ccccc3C)C2)cc1. The van der Waals surface area contributed by atoms with Crippen molar-refractivity contribution in [2.45, 2.75) is 51.1 Å². The quantitative estimate of drug-likeness (QED) is 0.657. The van der Waals surface area contributed by atoms with Crippen molar-refractivity contribution >= 4 is 15.9 Å². The summed E-state index contributed by atoms with van der Waals surface area (Å²) in [6, 6.07) is 14.6. The molecule has 1 saturated heterocycles. The van der Waals surface area contributed by atoms with Gasteiger partial charge >= 0.3 is 0 Å². The summed E-state index contributed by atoms with van der Waals surface area (Å²) in [5, 5.41) is 3.04. The van der Waals surface area contributed by atoms with Crippen LogP contribution in [0, 0.1) is 19.8 Å². The van der Waals surface area contributed by atoms with Crippen LogP contribution in [0.25, 0.3) is 0 Å². The number of piperidine rings is 1. The number of nitrogens with zero attached hydrogens (tertiary/aromatic N) is 1.